The molecule has 3 nitrogen and oxygen atoms in total. The van der Waals surface area contributed by atoms with Crippen molar-refractivity contribution in [2.75, 3.05) is 25.6 Å². The lowest BCUT2D eigenvalue weighted by Crippen LogP contribution is -2.12. The smallest absolute Gasteiger partial charge is 0.161 e. The predicted octanol–water partition coefficient (Wildman–Crippen LogP) is 4.80. The molecule has 0 fully saturated rings. The van der Waals surface area contributed by atoms with Crippen LogP contribution in [-0.2, 0) is 0 Å². The molecule has 0 saturated heterocycles. The van der Waals surface area contributed by atoms with E-state index >= 15 is 0 Å². The van der Waals surface area contributed by atoms with Gasteiger partial charge < -0.3 is 14.8 Å². The molecule has 1 N–H and O–H groups in total. The average Bonchev–Trinajstić information content (AvgIpc) is 2.49. The number of halogens is 2. The van der Waals surface area contributed by atoms with E-state index in [0.29, 0.717) is 28.9 Å². The lowest BCUT2D eigenvalue weighted by atomic mass is 10.2. The normalized spacial score (nSPS) is 10.3. The molecule has 0 bridgehead atoms. The first-order chi connectivity index (χ1) is 10.1. The fourth-order valence-electron chi connectivity index (χ4n) is 1.87. The molecule has 0 aliphatic rings. The largest absolute Gasteiger partial charge is 0.493 e. The SMILES string of the molecule is COc1ccccc1OCCNc1cc(Cl)c(C)cc1Cl. The maximum absolute atomic E-state index is 6.16. The molecular formula is C16H17Cl2NO2. The lowest BCUT2D eigenvalue weighted by Gasteiger charge is -2.13. The Kier molecular flexibility index (Phi) is 5.59. The highest BCUT2D eigenvalue weighted by Gasteiger charge is 2.05. The van der Waals surface area contributed by atoms with Gasteiger partial charge in [-0.15, -0.1) is 0 Å². The molecule has 0 aliphatic heterocycles. The van der Waals surface area contributed by atoms with Gasteiger partial charge in [-0.25, -0.2) is 0 Å². The Bertz CT molecular complexity index is 617. The number of hydrogen-bond acceptors (Lipinski definition) is 3. The number of benzene rings is 2. The van der Waals surface area contributed by atoms with Crippen LogP contribution in [0.3, 0.4) is 0 Å². The van der Waals surface area contributed by atoms with Crippen LogP contribution >= 0.6 is 23.2 Å². The summed E-state index contributed by atoms with van der Waals surface area (Å²) in [6.07, 6.45) is 0. The molecule has 2 rings (SSSR count). The van der Waals surface area contributed by atoms with Crippen LogP contribution in [0.15, 0.2) is 36.4 Å². The summed E-state index contributed by atoms with van der Waals surface area (Å²) in [6, 6.07) is 11.2. The molecule has 0 radical (unpaired) electrons. The standard InChI is InChI=1S/C16H17Cl2NO2/c1-11-9-13(18)14(10-12(11)17)19-7-8-21-16-6-4-3-5-15(16)20-2/h3-6,9-10,19H,7-8H2,1-2H3. The van der Waals surface area contributed by atoms with E-state index in [1.807, 2.05) is 43.3 Å². The second-order valence-electron chi connectivity index (χ2n) is 4.51. The first kappa shape index (κ1) is 15.8. The zero-order valence-electron chi connectivity index (χ0n) is 12.0. The van der Waals surface area contributed by atoms with E-state index in [1.54, 1.807) is 7.11 Å². The lowest BCUT2D eigenvalue weighted by molar-refractivity contribution is 0.306. The fourth-order valence-corrected chi connectivity index (χ4v) is 2.32. The number of nitrogens with one attached hydrogen (secondary N) is 1. The Morgan fingerprint density at radius 3 is 2.48 bits per heavy atom. The fraction of sp³-hybridized carbons (Fsp3) is 0.250. The van der Waals surface area contributed by atoms with Gasteiger partial charge in [0.2, 0.25) is 0 Å². The minimum absolute atomic E-state index is 0.488. The number of rotatable bonds is 6. The molecule has 0 spiro atoms. The van der Waals surface area contributed by atoms with Gasteiger partial charge >= 0.3 is 0 Å². The summed E-state index contributed by atoms with van der Waals surface area (Å²) >= 11 is 12.3. The molecule has 2 aromatic rings. The number of aryl methyl sites for hydroxylation is 1. The van der Waals surface area contributed by atoms with Crippen molar-refractivity contribution in [3.63, 3.8) is 0 Å². The third-order valence-electron chi connectivity index (χ3n) is 2.99. The van der Waals surface area contributed by atoms with Gasteiger partial charge in [-0.1, -0.05) is 35.3 Å². The van der Waals surface area contributed by atoms with Crippen LogP contribution < -0.4 is 14.8 Å². The van der Waals surface area contributed by atoms with Crippen LogP contribution in [0.25, 0.3) is 0 Å². The number of methoxy groups -OCH3 is 1. The van der Waals surface area contributed by atoms with E-state index in [4.69, 9.17) is 32.7 Å². The van der Waals surface area contributed by atoms with Crippen molar-refractivity contribution in [2.45, 2.75) is 6.92 Å². The molecule has 0 aromatic heterocycles. The summed E-state index contributed by atoms with van der Waals surface area (Å²) in [4.78, 5) is 0. The summed E-state index contributed by atoms with van der Waals surface area (Å²) in [7, 11) is 1.62. The molecule has 0 unspecified atom stereocenters. The van der Waals surface area contributed by atoms with Gasteiger partial charge in [0.1, 0.15) is 6.61 Å². The summed E-state index contributed by atoms with van der Waals surface area (Å²) in [5.74, 6) is 1.43. The van der Waals surface area contributed by atoms with Crippen molar-refractivity contribution >= 4 is 28.9 Å². The van der Waals surface area contributed by atoms with E-state index in [2.05, 4.69) is 5.32 Å². The van der Waals surface area contributed by atoms with Gasteiger partial charge in [-0.05, 0) is 36.8 Å². The molecule has 5 heteroatoms. The topological polar surface area (TPSA) is 30.5 Å². The first-order valence-electron chi connectivity index (χ1n) is 6.57. The minimum Gasteiger partial charge on any atom is -0.493 e. The number of ether oxygens (including phenoxy) is 2. The molecule has 0 aliphatic carbocycles. The molecule has 2 aromatic carbocycles. The van der Waals surface area contributed by atoms with Crippen LogP contribution in [0.2, 0.25) is 10.0 Å². The second-order valence-corrected chi connectivity index (χ2v) is 5.32. The van der Waals surface area contributed by atoms with Crippen molar-refractivity contribution in [3.05, 3.63) is 52.0 Å². The third kappa shape index (κ3) is 4.19. The Morgan fingerprint density at radius 2 is 1.76 bits per heavy atom. The maximum Gasteiger partial charge on any atom is 0.161 e. The predicted molar refractivity (Wildman–Crippen MR) is 88.2 cm³/mol. The van der Waals surface area contributed by atoms with Crippen molar-refractivity contribution < 1.29 is 9.47 Å². The highest BCUT2D eigenvalue weighted by atomic mass is 35.5. The third-order valence-corrected chi connectivity index (χ3v) is 3.71. The maximum atomic E-state index is 6.16. The van der Waals surface area contributed by atoms with E-state index < -0.39 is 0 Å². The average molecular weight is 326 g/mol. The van der Waals surface area contributed by atoms with Gasteiger partial charge in [0, 0.05) is 11.6 Å². The van der Waals surface area contributed by atoms with E-state index in [0.717, 1.165) is 17.0 Å². The van der Waals surface area contributed by atoms with Crippen LogP contribution in [-0.4, -0.2) is 20.3 Å². The summed E-state index contributed by atoms with van der Waals surface area (Å²) in [6.45, 7) is 3.02. The first-order valence-corrected chi connectivity index (χ1v) is 7.32. The van der Waals surface area contributed by atoms with Crippen molar-refractivity contribution in [1.82, 2.24) is 0 Å². The number of para-hydroxylation sites is 2. The Labute approximate surface area is 134 Å². The van der Waals surface area contributed by atoms with Crippen LogP contribution in [0.5, 0.6) is 11.5 Å². The number of hydrogen-bond donors (Lipinski definition) is 1. The Morgan fingerprint density at radius 1 is 1.05 bits per heavy atom. The van der Waals surface area contributed by atoms with Crippen LogP contribution in [0.4, 0.5) is 5.69 Å². The molecule has 0 saturated carbocycles. The molecule has 0 atom stereocenters. The van der Waals surface area contributed by atoms with E-state index in [-0.39, 0.29) is 0 Å². The highest BCUT2D eigenvalue weighted by molar-refractivity contribution is 6.35. The Hall–Kier alpha value is -1.58. The van der Waals surface area contributed by atoms with Gasteiger partial charge in [-0.3, -0.25) is 0 Å². The van der Waals surface area contributed by atoms with Gasteiger partial charge in [0.05, 0.1) is 17.8 Å². The number of anilines is 1. The van der Waals surface area contributed by atoms with Crippen molar-refractivity contribution in [2.24, 2.45) is 0 Å². The zero-order chi connectivity index (χ0) is 15.2. The van der Waals surface area contributed by atoms with E-state index in [1.165, 1.54) is 0 Å². The summed E-state index contributed by atoms with van der Waals surface area (Å²) < 4.78 is 10.9. The quantitative estimate of drug-likeness (QED) is 0.774. The van der Waals surface area contributed by atoms with Gasteiger partial charge in [0.15, 0.2) is 11.5 Å². The van der Waals surface area contributed by atoms with E-state index in [9.17, 15) is 0 Å². The van der Waals surface area contributed by atoms with Crippen LogP contribution in [0, 0.1) is 6.92 Å². The zero-order valence-corrected chi connectivity index (χ0v) is 13.5. The minimum atomic E-state index is 0.488. The van der Waals surface area contributed by atoms with Crippen LogP contribution in [0.1, 0.15) is 5.56 Å². The van der Waals surface area contributed by atoms with Crippen molar-refractivity contribution in [3.8, 4) is 11.5 Å². The summed E-state index contributed by atoms with van der Waals surface area (Å²) in [5.41, 5.74) is 1.76. The second kappa shape index (κ2) is 7.43. The van der Waals surface area contributed by atoms with Crippen molar-refractivity contribution in [1.29, 1.82) is 0 Å². The molecular weight excluding hydrogens is 309 g/mol. The highest BCUT2D eigenvalue weighted by Crippen LogP contribution is 2.29. The molecule has 0 heterocycles. The van der Waals surface area contributed by atoms with Gasteiger partial charge in [-0.2, -0.15) is 0 Å². The molecule has 0 amide bonds. The Balaban J connectivity index is 1.89. The van der Waals surface area contributed by atoms with Gasteiger partial charge in [0.25, 0.3) is 0 Å². The monoisotopic (exact) mass is 325 g/mol. The molecule has 112 valence electrons. The molecule has 21 heavy (non-hydrogen) atoms. The summed E-state index contributed by atoms with van der Waals surface area (Å²) in [5, 5.41) is 4.54.